The molecule has 1 aliphatic carbocycles. The molecule has 0 aliphatic heterocycles. The highest BCUT2D eigenvalue weighted by atomic mass is 16.1. The van der Waals surface area contributed by atoms with Crippen molar-refractivity contribution in [3.8, 4) is 0 Å². The summed E-state index contributed by atoms with van der Waals surface area (Å²) >= 11 is 0. The Morgan fingerprint density at radius 3 is 2.67 bits per heavy atom. The molecule has 0 saturated carbocycles. The number of carbonyl (C=O) groups is 1. The number of Topliss-reactive ketones (excluding diaryl/α,β-unsaturated/α-hetero) is 1. The van der Waals surface area contributed by atoms with E-state index in [9.17, 15) is 4.79 Å². The van der Waals surface area contributed by atoms with E-state index in [-0.39, 0.29) is 5.78 Å². The lowest BCUT2D eigenvalue weighted by Crippen LogP contribution is -2.03. The molecule has 2 rings (SSSR count). The highest BCUT2D eigenvalue weighted by Gasteiger charge is 2.24. The smallest absolute Gasteiger partial charge is 0.160 e. The standard InChI is InChI=1S/C14H18O/c1-8-5-6-12-9(2)7-13(11(4)15)10(3)14(8)12/h7-8H,5-6H2,1-4H3. The molecule has 1 aromatic carbocycles. The first kappa shape index (κ1) is 10.4. The van der Waals surface area contributed by atoms with Crippen molar-refractivity contribution < 1.29 is 4.79 Å². The summed E-state index contributed by atoms with van der Waals surface area (Å²) in [6.07, 6.45) is 2.42. The van der Waals surface area contributed by atoms with Gasteiger partial charge in [0.2, 0.25) is 0 Å². The minimum absolute atomic E-state index is 0.192. The van der Waals surface area contributed by atoms with Crippen molar-refractivity contribution in [2.75, 3.05) is 0 Å². The van der Waals surface area contributed by atoms with E-state index >= 15 is 0 Å². The second kappa shape index (κ2) is 3.48. The van der Waals surface area contributed by atoms with Crippen LogP contribution in [-0.2, 0) is 6.42 Å². The summed E-state index contributed by atoms with van der Waals surface area (Å²) in [7, 11) is 0. The number of fused-ring (bicyclic) bond motifs is 1. The van der Waals surface area contributed by atoms with Gasteiger partial charge < -0.3 is 0 Å². The Balaban J connectivity index is 2.71. The van der Waals surface area contributed by atoms with Crippen molar-refractivity contribution in [3.63, 3.8) is 0 Å². The summed E-state index contributed by atoms with van der Waals surface area (Å²) < 4.78 is 0. The molecule has 0 aromatic heterocycles. The summed E-state index contributed by atoms with van der Waals surface area (Å²) in [5.74, 6) is 0.815. The predicted octanol–water partition coefficient (Wildman–Crippen LogP) is 3.56. The molecule has 0 spiro atoms. The van der Waals surface area contributed by atoms with Crippen LogP contribution in [0.25, 0.3) is 0 Å². The van der Waals surface area contributed by atoms with Crippen LogP contribution in [-0.4, -0.2) is 5.78 Å². The van der Waals surface area contributed by atoms with Gasteiger partial charge >= 0.3 is 0 Å². The number of aryl methyl sites for hydroxylation is 1. The molecule has 1 atom stereocenters. The molecule has 0 saturated heterocycles. The zero-order valence-electron chi connectivity index (χ0n) is 9.98. The Morgan fingerprint density at radius 1 is 1.40 bits per heavy atom. The number of hydrogen-bond acceptors (Lipinski definition) is 1. The molecule has 1 nitrogen and oxygen atoms in total. The fourth-order valence-electron chi connectivity index (χ4n) is 2.87. The maximum Gasteiger partial charge on any atom is 0.160 e. The molecule has 80 valence electrons. The van der Waals surface area contributed by atoms with Crippen molar-refractivity contribution in [2.24, 2.45) is 0 Å². The lowest BCUT2D eigenvalue weighted by atomic mass is 9.90. The van der Waals surface area contributed by atoms with E-state index in [1.807, 2.05) is 0 Å². The molecule has 0 amide bonds. The maximum absolute atomic E-state index is 11.5. The van der Waals surface area contributed by atoms with Crippen LogP contribution in [0.5, 0.6) is 0 Å². The van der Waals surface area contributed by atoms with Gasteiger partial charge in [0, 0.05) is 5.56 Å². The Hall–Kier alpha value is -1.11. The summed E-state index contributed by atoms with van der Waals surface area (Å²) in [5, 5.41) is 0. The first-order valence-electron chi connectivity index (χ1n) is 5.66. The predicted molar refractivity (Wildman–Crippen MR) is 62.7 cm³/mol. The molecule has 15 heavy (non-hydrogen) atoms. The molecule has 1 aromatic rings. The van der Waals surface area contributed by atoms with E-state index in [1.165, 1.54) is 35.1 Å². The van der Waals surface area contributed by atoms with Gasteiger partial charge in [-0.25, -0.2) is 0 Å². The van der Waals surface area contributed by atoms with Crippen LogP contribution in [0.1, 0.15) is 58.8 Å². The maximum atomic E-state index is 11.5. The Kier molecular flexibility index (Phi) is 2.41. The summed E-state index contributed by atoms with van der Waals surface area (Å²) in [6, 6.07) is 2.06. The van der Waals surface area contributed by atoms with Crippen LogP contribution < -0.4 is 0 Å². The quantitative estimate of drug-likeness (QED) is 0.636. The largest absolute Gasteiger partial charge is 0.295 e. The lowest BCUT2D eigenvalue weighted by Gasteiger charge is -2.14. The monoisotopic (exact) mass is 202 g/mol. The summed E-state index contributed by atoms with van der Waals surface area (Å²) in [4.78, 5) is 11.5. The first-order valence-corrected chi connectivity index (χ1v) is 5.66. The molecular weight excluding hydrogens is 184 g/mol. The Bertz CT molecular complexity index is 429. The van der Waals surface area contributed by atoms with E-state index < -0.39 is 0 Å². The van der Waals surface area contributed by atoms with E-state index in [1.54, 1.807) is 6.92 Å². The zero-order valence-corrected chi connectivity index (χ0v) is 9.98. The van der Waals surface area contributed by atoms with Gasteiger partial charge in [-0.2, -0.15) is 0 Å². The number of hydrogen-bond donors (Lipinski definition) is 0. The molecule has 0 fully saturated rings. The van der Waals surface area contributed by atoms with Gasteiger partial charge in [0.25, 0.3) is 0 Å². The third-order valence-electron chi connectivity index (χ3n) is 3.67. The van der Waals surface area contributed by atoms with Gasteiger partial charge in [-0.05, 0) is 67.9 Å². The van der Waals surface area contributed by atoms with Crippen LogP contribution in [0.2, 0.25) is 0 Å². The van der Waals surface area contributed by atoms with Gasteiger partial charge in [-0.3, -0.25) is 4.79 Å². The van der Waals surface area contributed by atoms with Gasteiger partial charge in [-0.1, -0.05) is 6.92 Å². The van der Waals surface area contributed by atoms with Gasteiger partial charge in [0.05, 0.1) is 0 Å². The van der Waals surface area contributed by atoms with E-state index in [2.05, 4.69) is 26.8 Å². The third-order valence-corrected chi connectivity index (χ3v) is 3.67. The Morgan fingerprint density at radius 2 is 2.07 bits per heavy atom. The topological polar surface area (TPSA) is 17.1 Å². The fraction of sp³-hybridized carbons (Fsp3) is 0.500. The van der Waals surface area contributed by atoms with E-state index in [0.717, 1.165) is 5.56 Å². The van der Waals surface area contributed by atoms with E-state index in [4.69, 9.17) is 0 Å². The second-order valence-electron chi connectivity index (χ2n) is 4.75. The molecule has 0 radical (unpaired) electrons. The van der Waals surface area contributed by atoms with Crippen molar-refractivity contribution in [1.29, 1.82) is 0 Å². The zero-order chi connectivity index (χ0) is 11.2. The minimum atomic E-state index is 0.192. The molecule has 0 bridgehead atoms. The van der Waals surface area contributed by atoms with Crippen molar-refractivity contribution in [1.82, 2.24) is 0 Å². The highest BCUT2D eigenvalue weighted by molar-refractivity contribution is 5.96. The Labute approximate surface area is 91.5 Å². The van der Waals surface area contributed by atoms with Gasteiger partial charge in [-0.15, -0.1) is 0 Å². The van der Waals surface area contributed by atoms with Crippen LogP contribution in [0.3, 0.4) is 0 Å². The van der Waals surface area contributed by atoms with Crippen molar-refractivity contribution in [2.45, 2.75) is 46.5 Å². The summed E-state index contributed by atoms with van der Waals surface area (Å²) in [6.45, 7) is 8.15. The van der Waals surface area contributed by atoms with Gasteiger partial charge in [0.1, 0.15) is 0 Å². The van der Waals surface area contributed by atoms with Gasteiger partial charge in [0.15, 0.2) is 5.78 Å². The van der Waals surface area contributed by atoms with Crippen LogP contribution in [0, 0.1) is 13.8 Å². The number of rotatable bonds is 1. The third kappa shape index (κ3) is 1.50. The molecule has 1 heteroatoms. The van der Waals surface area contributed by atoms with Crippen molar-refractivity contribution in [3.05, 3.63) is 33.9 Å². The number of ketones is 1. The molecule has 1 aliphatic rings. The first-order chi connectivity index (χ1) is 7.02. The second-order valence-corrected chi connectivity index (χ2v) is 4.75. The molecular formula is C14H18O. The molecule has 0 heterocycles. The average Bonchev–Trinajstić information content (AvgIpc) is 2.54. The average molecular weight is 202 g/mol. The fourth-order valence-corrected chi connectivity index (χ4v) is 2.87. The lowest BCUT2D eigenvalue weighted by molar-refractivity contribution is 0.101. The van der Waals surface area contributed by atoms with Crippen molar-refractivity contribution >= 4 is 5.78 Å². The molecule has 0 N–H and O–H groups in total. The van der Waals surface area contributed by atoms with Crippen LogP contribution in [0.15, 0.2) is 6.07 Å². The number of carbonyl (C=O) groups excluding carboxylic acids is 1. The minimum Gasteiger partial charge on any atom is -0.295 e. The van der Waals surface area contributed by atoms with Crippen LogP contribution in [0.4, 0.5) is 0 Å². The highest BCUT2D eigenvalue weighted by Crippen LogP contribution is 2.38. The number of benzene rings is 1. The normalized spacial score (nSPS) is 19.1. The molecule has 1 unspecified atom stereocenters. The van der Waals surface area contributed by atoms with Crippen LogP contribution >= 0.6 is 0 Å². The van der Waals surface area contributed by atoms with E-state index in [0.29, 0.717) is 5.92 Å². The summed E-state index contributed by atoms with van der Waals surface area (Å²) in [5.41, 5.74) is 6.36. The SMILES string of the molecule is CC(=O)c1cc(C)c2c(c1C)C(C)CC2.